The zero-order valence-electron chi connectivity index (χ0n) is 16.7. The number of nitrogens with zero attached hydrogens (tertiary/aromatic N) is 2. The standard InChI is InChI=1S/C20H24N2O7/c1-11(2)29-20(25)17-13(4)21-12(3)16(19(24)28-10-9-23)18(17)14-7-5-6-8-15(14)22(26)27/h5-8,11,17-18,23H,9-10H2,1-4H3. The normalized spacial score (nSPS) is 19.0. The molecule has 0 bridgehead atoms. The third kappa shape index (κ3) is 4.86. The van der Waals surface area contributed by atoms with Crippen LogP contribution in [0.2, 0.25) is 0 Å². The molecule has 0 radical (unpaired) electrons. The van der Waals surface area contributed by atoms with E-state index in [1.807, 2.05) is 0 Å². The number of nitro benzene ring substituents is 1. The molecule has 0 spiro atoms. The number of allylic oxidation sites excluding steroid dienone is 1. The first-order chi connectivity index (χ1) is 13.7. The van der Waals surface area contributed by atoms with Crippen LogP contribution in [0.5, 0.6) is 0 Å². The lowest BCUT2D eigenvalue weighted by molar-refractivity contribution is -0.385. The second-order valence-electron chi connectivity index (χ2n) is 6.87. The van der Waals surface area contributed by atoms with Gasteiger partial charge >= 0.3 is 11.9 Å². The fourth-order valence-electron chi connectivity index (χ4n) is 3.38. The molecule has 156 valence electrons. The van der Waals surface area contributed by atoms with Crippen molar-refractivity contribution in [3.05, 3.63) is 51.2 Å². The van der Waals surface area contributed by atoms with Crippen molar-refractivity contribution in [2.75, 3.05) is 13.2 Å². The molecular formula is C20H24N2O7. The Balaban J connectivity index is 2.70. The summed E-state index contributed by atoms with van der Waals surface area (Å²) in [5.41, 5.74) is 0.670. The van der Waals surface area contributed by atoms with Crippen LogP contribution in [0.1, 0.15) is 39.2 Å². The Morgan fingerprint density at radius 2 is 1.93 bits per heavy atom. The van der Waals surface area contributed by atoms with Gasteiger partial charge < -0.3 is 14.6 Å². The summed E-state index contributed by atoms with van der Waals surface area (Å²) in [5.74, 6) is -3.46. The molecule has 1 aromatic carbocycles. The maximum Gasteiger partial charge on any atom is 0.336 e. The minimum atomic E-state index is -1.03. The molecule has 2 atom stereocenters. The van der Waals surface area contributed by atoms with Gasteiger partial charge in [0.15, 0.2) is 0 Å². The van der Waals surface area contributed by atoms with Crippen molar-refractivity contribution in [1.82, 2.24) is 0 Å². The SMILES string of the molecule is CC1=NC(C)=C(C(=O)OCCO)C(c2ccccc2[N+](=O)[O-])C1C(=O)OC(C)C. The van der Waals surface area contributed by atoms with Crippen LogP contribution in [-0.2, 0) is 19.1 Å². The van der Waals surface area contributed by atoms with E-state index in [-0.39, 0.29) is 30.0 Å². The first kappa shape index (κ1) is 22.2. The maximum atomic E-state index is 12.9. The second kappa shape index (κ2) is 9.42. The number of benzene rings is 1. The summed E-state index contributed by atoms with van der Waals surface area (Å²) in [6, 6.07) is 5.92. The number of aliphatic hydroxyl groups excluding tert-OH is 1. The number of rotatable bonds is 7. The number of carbonyl (C=O) groups is 2. The van der Waals surface area contributed by atoms with Crippen molar-refractivity contribution in [3.8, 4) is 0 Å². The Labute approximate surface area is 168 Å². The van der Waals surface area contributed by atoms with Gasteiger partial charge in [0.2, 0.25) is 0 Å². The molecule has 1 aromatic rings. The number of aliphatic imine (C=N–C) groups is 1. The Morgan fingerprint density at radius 3 is 2.52 bits per heavy atom. The van der Waals surface area contributed by atoms with Crippen molar-refractivity contribution in [1.29, 1.82) is 0 Å². The molecule has 0 fully saturated rings. The monoisotopic (exact) mass is 404 g/mol. The minimum absolute atomic E-state index is 0.0315. The molecule has 2 rings (SSSR count). The number of esters is 2. The predicted octanol–water partition coefficient (Wildman–Crippen LogP) is 2.53. The van der Waals surface area contributed by atoms with Crippen LogP contribution in [0.15, 0.2) is 40.5 Å². The van der Waals surface area contributed by atoms with E-state index in [9.17, 15) is 19.7 Å². The van der Waals surface area contributed by atoms with Crippen LogP contribution in [0.3, 0.4) is 0 Å². The molecule has 0 saturated heterocycles. The third-order valence-corrected chi connectivity index (χ3v) is 4.45. The molecular weight excluding hydrogens is 380 g/mol. The van der Waals surface area contributed by atoms with E-state index in [2.05, 4.69) is 4.99 Å². The van der Waals surface area contributed by atoms with Gasteiger partial charge in [-0.05, 0) is 27.7 Å². The first-order valence-electron chi connectivity index (χ1n) is 9.16. The van der Waals surface area contributed by atoms with Crippen molar-refractivity contribution >= 4 is 23.3 Å². The Bertz CT molecular complexity index is 873. The zero-order chi connectivity index (χ0) is 21.7. The van der Waals surface area contributed by atoms with Gasteiger partial charge in [0, 0.05) is 29.0 Å². The highest BCUT2D eigenvalue weighted by atomic mass is 16.6. The van der Waals surface area contributed by atoms with Crippen molar-refractivity contribution < 1.29 is 29.1 Å². The molecule has 9 nitrogen and oxygen atoms in total. The molecule has 0 aromatic heterocycles. The molecule has 1 heterocycles. The van der Waals surface area contributed by atoms with Crippen LogP contribution in [0, 0.1) is 16.0 Å². The van der Waals surface area contributed by atoms with Crippen molar-refractivity contribution in [2.45, 2.75) is 39.7 Å². The molecule has 2 unspecified atom stereocenters. The average molecular weight is 404 g/mol. The Morgan fingerprint density at radius 1 is 1.28 bits per heavy atom. The van der Waals surface area contributed by atoms with Crippen molar-refractivity contribution in [2.24, 2.45) is 10.9 Å². The van der Waals surface area contributed by atoms with Crippen LogP contribution >= 0.6 is 0 Å². The highest BCUT2D eigenvalue weighted by Crippen LogP contribution is 2.43. The van der Waals surface area contributed by atoms with Gasteiger partial charge in [-0.1, -0.05) is 18.2 Å². The van der Waals surface area contributed by atoms with Crippen LogP contribution in [0.25, 0.3) is 0 Å². The number of aliphatic hydroxyl groups is 1. The predicted molar refractivity (Wildman–Crippen MR) is 104 cm³/mol. The molecule has 0 amide bonds. The third-order valence-electron chi connectivity index (χ3n) is 4.45. The highest BCUT2D eigenvalue weighted by Gasteiger charge is 2.45. The fraction of sp³-hybridized carbons (Fsp3) is 0.450. The summed E-state index contributed by atoms with van der Waals surface area (Å²) >= 11 is 0. The lowest BCUT2D eigenvalue weighted by Gasteiger charge is -2.31. The quantitative estimate of drug-likeness (QED) is 0.420. The lowest BCUT2D eigenvalue weighted by atomic mass is 9.75. The van der Waals surface area contributed by atoms with Crippen LogP contribution in [0.4, 0.5) is 5.69 Å². The molecule has 1 N–H and O–H groups in total. The van der Waals surface area contributed by atoms with Crippen LogP contribution in [-0.4, -0.2) is 47.0 Å². The fourth-order valence-corrected chi connectivity index (χ4v) is 3.38. The zero-order valence-corrected chi connectivity index (χ0v) is 16.7. The molecule has 0 aliphatic carbocycles. The Kier molecular flexibility index (Phi) is 7.22. The van der Waals surface area contributed by atoms with E-state index >= 15 is 0 Å². The van der Waals surface area contributed by atoms with E-state index in [1.165, 1.54) is 18.2 Å². The summed E-state index contributed by atoms with van der Waals surface area (Å²) in [5, 5.41) is 20.6. The first-order valence-corrected chi connectivity index (χ1v) is 9.16. The van der Waals surface area contributed by atoms with Crippen molar-refractivity contribution in [3.63, 3.8) is 0 Å². The number of para-hydroxylation sites is 1. The average Bonchev–Trinajstić information content (AvgIpc) is 2.64. The topological polar surface area (TPSA) is 128 Å². The minimum Gasteiger partial charge on any atom is -0.462 e. The number of carbonyl (C=O) groups excluding carboxylic acids is 2. The summed E-state index contributed by atoms with van der Waals surface area (Å²) in [6.45, 7) is 5.94. The van der Waals surface area contributed by atoms with E-state index < -0.39 is 34.8 Å². The number of hydrogen-bond acceptors (Lipinski definition) is 8. The van der Waals surface area contributed by atoms with Gasteiger partial charge in [-0.3, -0.25) is 19.9 Å². The van der Waals surface area contributed by atoms with E-state index in [4.69, 9.17) is 14.6 Å². The molecule has 1 aliphatic rings. The van der Waals surface area contributed by atoms with Gasteiger partial charge in [0.1, 0.15) is 12.5 Å². The maximum absolute atomic E-state index is 12.9. The summed E-state index contributed by atoms with van der Waals surface area (Å²) < 4.78 is 10.4. The molecule has 9 heteroatoms. The van der Waals surface area contributed by atoms with E-state index in [0.29, 0.717) is 11.4 Å². The number of hydrogen-bond donors (Lipinski definition) is 1. The summed E-state index contributed by atoms with van der Waals surface area (Å²) in [6.07, 6.45) is -0.418. The van der Waals surface area contributed by atoms with Crippen LogP contribution < -0.4 is 0 Å². The van der Waals surface area contributed by atoms with E-state index in [1.54, 1.807) is 33.8 Å². The van der Waals surface area contributed by atoms with Gasteiger partial charge in [-0.2, -0.15) is 0 Å². The van der Waals surface area contributed by atoms with Gasteiger partial charge in [-0.15, -0.1) is 0 Å². The molecule has 1 aliphatic heterocycles. The molecule has 0 saturated carbocycles. The number of nitro groups is 1. The number of ether oxygens (including phenoxy) is 2. The van der Waals surface area contributed by atoms with Gasteiger partial charge in [0.25, 0.3) is 5.69 Å². The smallest absolute Gasteiger partial charge is 0.336 e. The largest absolute Gasteiger partial charge is 0.462 e. The highest BCUT2D eigenvalue weighted by molar-refractivity contribution is 6.07. The summed E-state index contributed by atoms with van der Waals surface area (Å²) in [4.78, 5) is 41.0. The molecule has 29 heavy (non-hydrogen) atoms. The Hall–Kier alpha value is -3.07. The van der Waals surface area contributed by atoms with Gasteiger partial charge in [0.05, 0.1) is 23.2 Å². The lowest BCUT2D eigenvalue weighted by Crippen LogP contribution is -2.37. The van der Waals surface area contributed by atoms with Gasteiger partial charge in [-0.25, -0.2) is 4.79 Å². The second-order valence-corrected chi connectivity index (χ2v) is 6.87. The van der Waals surface area contributed by atoms with E-state index in [0.717, 1.165) is 0 Å². The summed E-state index contributed by atoms with van der Waals surface area (Å²) in [7, 11) is 0.